The molecule has 1 amide bonds. The van der Waals surface area contributed by atoms with Crippen molar-refractivity contribution in [3.05, 3.63) is 83.9 Å². The number of carbonyl (C=O) groups excluding carboxylic acids is 1. The van der Waals surface area contributed by atoms with E-state index in [0.717, 1.165) is 21.5 Å². The van der Waals surface area contributed by atoms with Crippen LogP contribution in [0.2, 0.25) is 0 Å². The van der Waals surface area contributed by atoms with Gasteiger partial charge in [-0.3, -0.25) is 9.35 Å². The largest absolute Gasteiger partial charge is 0.322 e. The number of carbonyl (C=O) groups is 1. The third-order valence-electron chi connectivity index (χ3n) is 4.72. The average Bonchev–Trinajstić information content (AvgIpc) is 2.66. The van der Waals surface area contributed by atoms with Crippen LogP contribution in [0.5, 0.6) is 0 Å². The van der Waals surface area contributed by atoms with Gasteiger partial charge in [0.2, 0.25) is 0 Å². The topological polar surface area (TPSA) is 83.5 Å². The second-order valence-electron chi connectivity index (χ2n) is 6.60. The van der Waals surface area contributed by atoms with E-state index in [9.17, 15) is 17.8 Å². The summed E-state index contributed by atoms with van der Waals surface area (Å²) in [6.45, 7) is 1.58. The van der Waals surface area contributed by atoms with Gasteiger partial charge in [-0.15, -0.1) is 0 Å². The highest BCUT2D eigenvalue weighted by Gasteiger charge is 2.18. The molecule has 6 heteroatoms. The molecule has 0 aliphatic carbocycles. The van der Waals surface area contributed by atoms with Crippen LogP contribution in [0.15, 0.2) is 77.7 Å². The molecule has 0 aliphatic rings. The van der Waals surface area contributed by atoms with E-state index in [-0.39, 0.29) is 10.8 Å². The molecular weight excluding hydrogens is 374 g/mol. The Hall–Kier alpha value is -3.22. The molecule has 0 spiro atoms. The summed E-state index contributed by atoms with van der Waals surface area (Å²) in [7, 11) is -4.38. The van der Waals surface area contributed by atoms with Crippen LogP contribution in [-0.2, 0) is 10.1 Å². The zero-order valence-electron chi connectivity index (χ0n) is 15.0. The van der Waals surface area contributed by atoms with Crippen LogP contribution >= 0.6 is 0 Å². The van der Waals surface area contributed by atoms with Crippen molar-refractivity contribution in [3.8, 4) is 0 Å². The Morgan fingerprint density at radius 3 is 2.00 bits per heavy atom. The highest BCUT2D eigenvalue weighted by molar-refractivity contribution is 7.85. The van der Waals surface area contributed by atoms with E-state index in [0.29, 0.717) is 16.8 Å². The monoisotopic (exact) mass is 391 g/mol. The second-order valence-corrected chi connectivity index (χ2v) is 7.99. The van der Waals surface area contributed by atoms with Crippen LogP contribution in [0.4, 0.5) is 5.69 Å². The van der Waals surface area contributed by atoms with Gasteiger partial charge in [0, 0.05) is 5.69 Å². The first kappa shape index (κ1) is 18.2. The molecule has 28 heavy (non-hydrogen) atoms. The SMILES string of the molecule is Cc1ccc(NC(=O)c2c3ccccc3cc3ccccc23)cc1S(=O)(=O)O. The zero-order valence-corrected chi connectivity index (χ0v) is 15.8. The number of aryl methyl sites for hydroxylation is 1. The fraction of sp³-hybridized carbons (Fsp3) is 0.0455. The first-order valence-electron chi connectivity index (χ1n) is 8.64. The van der Waals surface area contributed by atoms with Crippen molar-refractivity contribution in [3.63, 3.8) is 0 Å². The smallest absolute Gasteiger partial charge is 0.294 e. The Balaban J connectivity index is 1.86. The molecular formula is C22H17NO4S. The minimum atomic E-state index is -4.38. The molecule has 0 saturated carbocycles. The van der Waals surface area contributed by atoms with Gasteiger partial charge in [-0.05, 0) is 52.2 Å². The van der Waals surface area contributed by atoms with E-state index in [2.05, 4.69) is 5.32 Å². The number of anilines is 1. The van der Waals surface area contributed by atoms with Crippen LogP contribution in [0.3, 0.4) is 0 Å². The summed E-state index contributed by atoms with van der Waals surface area (Å²) in [5.41, 5.74) is 1.21. The lowest BCUT2D eigenvalue weighted by atomic mass is 9.96. The van der Waals surface area contributed by atoms with Gasteiger partial charge in [0.05, 0.1) is 10.5 Å². The first-order chi connectivity index (χ1) is 13.3. The average molecular weight is 391 g/mol. The fourth-order valence-electron chi connectivity index (χ4n) is 3.41. The maximum absolute atomic E-state index is 13.2. The minimum Gasteiger partial charge on any atom is -0.322 e. The predicted octanol–water partition coefficient (Wildman–Crippen LogP) is 4.80. The van der Waals surface area contributed by atoms with E-state index in [4.69, 9.17) is 0 Å². The Labute approximate surface area is 162 Å². The summed E-state index contributed by atoms with van der Waals surface area (Å²) in [4.78, 5) is 12.9. The third kappa shape index (κ3) is 3.24. The van der Waals surface area contributed by atoms with Crippen LogP contribution in [0, 0.1) is 6.92 Å². The van der Waals surface area contributed by atoms with Gasteiger partial charge in [0.1, 0.15) is 0 Å². The molecule has 0 saturated heterocycles. The van der Waals surface area contributed by atoms with E-state index in [1.54, 1.807) is 19.1 Å². The molecule has 4 rings (SSSR count). The summed E-state index contributed by atoms with van der Waals surface area (Å²) < 4.78 is 32.5. The number of hydrogen-bond donors (Lipinski definition) is 2. The van der Waals surface area contributed by atoms with Crippen LogP contribution in [0.1, 0.15) is 15.9 Å². The highest BCUT2D eigenvalue weighted by atomic mass is 32.2. The molecule has 0 bridgehead atoms. The maximum atomic E-state index is 13.2. The van der Waals surface area contributed by atoms with E-state index in [1.165, 1.54) is 6.07 Å². The van der Waals surface area contributed by atoms with Crippen molar-refractivity contribution >= 4 is 43.3 Å². The Morgan fingerprint density at radius 1 is 0.857 bits per heavy atom. The van der Waals surface area contributed by atoms with Crippen molar-refractivity contribution in [1.29, 1.82) is 0 Å². The molecule has 0 radical (unpaired) electrons. The van der Waals surface area contributed by atoms with Crippen molar-refractivity contribution in [2.24, 2.45) is 0 Å². The summed E-state index contributed by atoms with van der Waals surface area (Å²) in [5.74, 6) is -0.349. The summed E-state index contributed by atoms with van der Waals surface area (Å²) >= 11 is 0. The van der Waals surface area contributed by atoms with Crippen molar-refractivity contribution in [1.82, 2.24) is 0 Å². The van der Waals surface area contributed by atoms with Crippen LogP contribution in [0.25, 0.3) is 21.5 Å². The number of amides is 1. The summed E-state index contributed by atoms with van der Waals surface area (Å²) in [6, 6.07) is 21.7. The van der Waals surface area contributed by atoms with Gasteiger partial charge < -0.3 is 5.32 Å². The van der Waals surface area contributed by atoms with Gasteiger partial charge in [0.15, 0.2) is 0 Å². The van der Waals surface area contributed by atoms with Crippen LogP contribution < -0.4 is 5.32 Å². The molecule has 0 heterocycles. The van der Waals surface area contributed by atoms with Crippen molar-refractivity contribution in [2.75, 3.05) is 5.32 Å². The zero-order chi connectivity index (χ0) is 19.9. The van der Waals surface area contributed by atoms with Gasteiger partial charge in [-0.2, -0.15) is 8.42 Å². The lowest BCUT2D eigenvalue weighted by Crippen LogP contribution is -2.14. The van der Waals surface area contributed by atoms with Gasteiger partial charge in [-0.1, -0.05) is 54.6 Å². The molecule has 5 nitrogen and oxygen atoms in total. The quantitative estimate of drug-likeness (QED) is 0.388. The van der Waals surface area contributed by atoms with Gasteiger partial charge in [-0.25, -0.2) is 0 Å². The fourth-order valence-corrected chi connectivity index (χ4v) is 4.16. The van der Waals surface area contributed by atoms with E-state index >= 15 is 0 Å². The molecule has 0 aliphatic heterocycles. The maximum Gasteiger partial charge on any atom is 0.294 e. The minimum absolute atomic E-state index is 0.229. The Kier molecular flexibility index (Phi) is 4.37. The van der Waals surface area contributed by atoms with Crippen molar-refractivity contribution in [2.45, 2.75) is 11.8 Å². The first-order valence-corrected chi connectivity index (χ1v) is 10.1. The molecule has 2 N–H and O–H groups in total. The summed E-state index contributed by atoms with van der Waals surface area (Å²) in [5, 5.41) is 6.26. The normalized spacial score (nSPS) is 11.6. The molecule has 4 aromatic rings. The molecule has 0 unspecified atom stereocenters. The predicted molar refractivity (Wildman–Crippen MR) is 110 cm³/mol. The highest BCUT2D eigenvalue weighted by Crippen LogP contribution is 2.29. The van der Waals surface area contributed by atoms with Crippen LogP contribution in [-0.4, -0.2) is 18.9 Å². The standard InChI is InChI=1S/C22H17NO4S/c1-14-10-11-17(13-20(14)28(25,26)27)23-22(24)21-18-8-4-2-6-15(18)12-16-7-3-5-9-19(16)21/h2-13H,1H3,(H,23,24)(H,25,26,27). The van der Waals surface area contributed by atoms with E-state index < -0.39 is 10.1 Å². The Bertz CT molecular complexity index is 1290. The lowest BCUT2D eigenvalue weighted by molar-refractivity contribution is 0.102. The molecule has 140 valence electrons. The number of benzene rings is 4. The lowest BCUT2D eigenvalue weighted by Gasteiger charge is -2.13. The number of fused-ring (bicyclic) bond motifs is 2. The second kappa shape index (κ2) is 6.74. The number of rotatable bonds is 3. The summed E-state index contributed by atoms with van der Waals surface area (Å²) in [6.07, 6.45) is 0. The van der Waals surface area contributed by atoms with Gasteiger partial charge >= 0.3 is 0 Å². The number of hydrogen-bond acceptors (Lipinski definition) is 3. The molecule has 0 aromatic heterocycles. The van der Waals surface area contributed by atoms with Crippen molar-refractivity contribution < 1.29 is 17.8 Å². The molecule has 0 atom stereocenters. The van der Waals surface area contributed by atoms with E-state index in [1.807, 2.05) is 54.6 Å². The Morgan fingerprint density at radius 2 is 1.43 bits per heavy atom. The number of nitrogens with one attached hydrogen (secondary N) is 1. The van der Waals surface area contributed by atoms with Gasteiger partial charge in [0.25, 0.3) is 16.0 Å². The third-order valence-corrected chi connectivity index (χ3v) is 5.72. The molecule has 4 aromatic carbocycles. The molecule has 0 fully saturated rings.